The zero-order chi connectivity index (χ0) is 12.6. The Morgan fingerprint density at radius 2 is 1.88 bits per heavy atom. The average Bonchev–Trinajstić information content (AvgIpc) is 2.46. The fraction of sp³-hybridized carbons (Fsp3) is 0.700. The zero-order valence-corrected chi connectivity index (χ0v) is 9.47. The molecule has 0 saturated heterocycles. The van der Waals surface area contributed by atoms with Gasteiger partial charge in [-0.2, -0.15) is 13.2 Å². The van der Waals surface area contributed by atoms with Crippen molar-refractivity contribution in [3.05, 3.63) is 17.7 Å². The Morgan fingerprint density at radius 3 is 2.25 bits per heavy atom. The van der Waals surface area contributed by atoms with Crippen molar-refractivity contribution in [2.45, 2.75) is 38.9 Å². The first kappa shape index (κ1) is 13.0. The van der Waals surface area contributed by atoms with E-state index in [1.807, 2.05) is 0 Å². The van der Waals surface area contributed by atoms with Gasteiger partial charge in [-0.15, -0.1) is 0 Å². The first-order chi connectivity index (χ1) is 7.16. The molecular formula is C10H15F3N2O. The number of alkyl halides is 3. The summed E-state index contributed by atoms with van der Waals surface area (Å²) in [7, 11) is 0. The molecule has 1 heterocycles. The van der Waals surface area contributed by atoms with Crippen LogP contribution in [0, 0.1) is 0 Å². The Bertz CT molecular complexity index is 363. The molecule has 1 N–H and O–H groups in total. The van der Waals surface area contributed by atoms with Crippen LogP contribution in [-0.2, 0) is 18.1 Å². The molecule has 0 saturated carbocycles. The van der Waals surface area contributed by atoms with Crippen molar-refractivity contribution < 1.29 is 18.3 Å². The number of aromatic nitrogens is 2. The number of halogens is 3. The van der Waals surface area contributed by atoms with Crippen LogP contribution in [0.2, 0.25) is 0 Å². The fourth-order valence-corrected chi connectivity index (χ4v) is 1.43. The second kappa shape index (κ2) is 4.08. The molecule has 0 aliphatic carbocycles. The fourth-order valence-electron chi connectivity index (χ4n) is 1.43. The highest BCUT2D eigenvalue weighted by Crippen LogP contribution is 2.31. The standard InChI is InChI=1S/C10H15F3N2O/c1-9(2,3)8-14-7(10(11,12)13)6-15(8)4-5-16/h6,16H,4-5H2,1-3H3. The van der Waals surface area contributed by atoms with Crippen LogP contribution in [-0.4, -0.2) is 21.3 Å². The van der Waals surface area contributed by atoms with Gasteiger partial charge in [0.05, 0.1) is 6.61 Å². The quantitative estimate of drug-likeness (QED) is 0.854. The number of aliphatic hydroxyl groups is 1. The van der Waals surface area contributed by atoms with Gasteiger partial charge < -0.3 is 9.67 Å². The number of aliphatic hydroxyl groups excluding tert-OH is 1. The van der Waals surface area contributed by atoms with Gasteiger partial charge >= 0.3 is 6.18 Å². The molecule has 1 rings (SSSR count). The zero-order valence-electron chi connectivity index (χ0n) is 9.47. The predicted molar refractivity (Wildman–Crippen MR) is 53.0 cm³/mol. The summed E-state index contributed by atoms with van der Waals surface area (Å²) in [6.07, 6.45) is -3.50. The molecule has 1 aromatic heterocycles. The summed E-state index contributed by atoms with van der Waals surface area (Å²) in [6, 6.07) is 0. The molecule has 6 heteroatoms. The molecule has 0 unspecified atom stereocenters. The molecule has 0 atom stereocenters. The van der Waals surface area contributed by atoms with Crippen molar-refractivity contribution in [1.82, 2.24) is 9.55 Å². The lowest BCUT2D eigenvalue weighted by Crippen LogP contribution is -2.20. The first-order valence-electron chi connectivity index (χ1n) is 4.92. The number of rotatable bonds is 2. The van der Waals surface area contributed by atoms with Crippen molar-refractivity contribution in [2.24, 2.45) is 0 Å². The summed E-state index contributed by atoms with van der Waals surface area (Å²) < 4.78 is 38.8. The van der Waals surface area contributed by atoms with Crippen LogP contribution >= 0.6 is 0 Å². The maximum absolute atomic E-state index is 12.5. The third-order valence-electron chi connectivity index (χ3n) is 2.08. The van der Waals surface area contributed by atoms with Crippen molar-refractivity contribution in [3.63, 3.8) is 0 Å². The SMILES string of the molecule is CC(C)(C)c1nc(C(F)(F)F)cn1CCO. The number of imidazole rings is 1. The smallest absolute Gasteiger partial charge is 0.395 e. The molecule has 1 aromatic rings. The maximum atomic E-state index is 12.5. The predicted octanol–water partition coefficient (Wildman–Crippen LogP) is 2.19. The van der Waals surface area contributed by atoms with E-state index < -0.39 is 17.3 Å². The highest BCUT2D eigenvalue weighted by molar-refractivity contribution is 5.13. The summed E-state index contributed by atoms with van der Waals surface area (Å²) in [5, 5.41) is 8.79. The van der Waals surface area contributed by atoms with E-state index >= 15 is 0 Å². The third kappa shape index (κ3) is 2.75. The minimum Gasteiger partial charge on any atom is -0.395 e. The van der Waals surface area contributed by atoms with E-state index in [1.165, 1.54) is 4.57 Å². The van der Waals surface area contributed by atoms with Gasteiger partial charge in [0.1, 0.15) is 5.82 Å². The van der Waals surface area contributed by atoms with Crippen molar-refractivity contribution in [2.75, 3.05) is 6.61 Å². The Morgan fingerprint density at radius 1 is 1.31 bits per heavy atom. The molecular weight excluding hydrogens is 221 g/mol. The number of hydrogen-bond donors (Lipinski definition) is 1. The van der Waals surface area contributed by atoms with Gasteiger partial charge in [0.25, 0.3) is 0 Å². The summed E-state index contributed by atoms with van der Waals surface area (Å²) in [5.41, 5.74) is -1.40. The van der Waals surface area contributed by atoms with Gasteiger partial charge in [-0.3, -0.25) is 0 Å². The monoisotopic (exact) mass is 236 g/mol. The van der Waals surface area contributed by atoms with Crippen molar-refractivity contribution >= 4 is 0 Å². The lowest BCUT2D eigenvalue weighted by Gasteiger charge is -2.19. The van der Waals surface area contributed by atoms with Crippen LogP contribution in [0.4, 0.5) is 13.2 Å². The van der Waals surface area contributed by atoms with E-state index in [0.29, 0.717) is 5.82 Å². The Hall–Kier alpha value is -1.04. The van der Waals surface area contributed by atoms with E-state index in [-0.39, 0.29) is 13.2 Å². The van der Waals surface area contributed by atoms with Crippen molar-refractivity contribution in [3.8, 4) is 0 Å². The van der Waals surface area contributed by atoms with Crippen LogP contribution in [0.1, 0.15) is 32.3 Å². The largest absolute Gasteiger partial charge is 0.434 e. The normalized spacial score (nSPS) is 13.2. The van der Waals surface area contributed by atoms with Gasteiger partial charge in [0.15, 0.2) is 5.69 Å². The average molecular weight is 236 g/mol. The summed E-state index contributed by atoms with van der Waals surface area (Å²) in [5.74, 6) is 0.328. The lowest BCUT2D eigenvalue weighted by molar-refractivity contribution is -0.141. The summed E-state index contributed by atoms with van der Waals surface area (Å²) in [6.45, 7) is 5.25. The molecule has 0 fully saturated rings. The van der Waals surface area contributed by atoms with Gasteiger partial charge in [0.2, 0.25) is 0 Å². The van der Waals surface area contributed by atoms with Crippen LogP contribution < -0.4 is 0 Å². The van der Waals surface area contributed by atoms with Crippen molar-refractivity contribution in [1.29, 1.82) is 0 Å². The molecule has 3 nitrogen and oxygen atoms in total. The maximum Gasteiger partial charge on any atom is 0.434 e. The Labute approximate surface area is 91.9 Å². The van der Waals surface area contributed by atoms with E-state index in [2.05, 4.69) is 4.98 Å². The van der Waals surface area contributed by atoms with E-state index in [0.717, 1.165) is 6.20 Å². The topological polar surface area (TPSA) is 38.0 Å². The van der Waals surface area contributed by atoms with Crippen LogP contribution in [0.15, 0.2) is 6.20 Å². The van der Waals surface area contributed by atoms with Crippen LogP contribution in [0.25, 0.3) is 0 Å². The minimum absolute atomic E-state index is 0.121. The lowest BCUT2D eigenvalue weighted by atomic mass is 9.96. The summed E-state index contributed by atoms with van der Waals surface area (Å²) >= 11 is 0. The minimum atomic E-state index is -4.44. The third-order valence-corrected chi connectivity index (χ3v) is 2.08. The van der Waals surface area contributed by atoms with Gasteiger partial charge in [-0.1, -0.05) is 20.8 Å². The molecule has 0 spiro atoms. The molecule has 0 aliphatic heterocycles. The van der Waals surface area contributed by atoms with Crippen LogP contribution in [0.3, 0.4) is 0 Å². The van der Waals surface area contributed by atoms with Gasteiger partial charge in [0, 0.05) is 18.2 Å². The second-order valence-corrected chi connectivity index (χ2v) is 4.61. The van der Waals surface area contributed by atoms with Gasteiger partial charge in [-0.25, -0.2) is 4.98 Å². The Kier molecular flexibility index (Phi) is 3.33. The van der Waals surface area contributed by atoms with Crippen LogP contribution in [0.5, 0.6) is 0 Å². The van der Waals surface area contributed by atoms with E-state index in [9.17, 15) is 13.2 Å². The van der Waals surface area contributed by atoms with E-state index in [1.54, 1.807) is 20.8 Å². The number of nitrogens with zero attached hydrogens (tertiary/aromatic N) is 2. The second-order valence-electron chi connectivity index (χ2n) is 4.61. The highest BCUT2D eigenvalue weighted by atomic mass is 19.4. The number of hydrogen-bond acceptors (Lipinski definition) is 2. The highest BCUT2D eigenvalue weighted by Gasteiger charge is 2.36. The van der Waals surface area contributed by atoms with E-state index in [4.69, 9.17) is 5.11 Å². The first-order valence-corrected chi connectivity index (χ1v) is 4.92. The Balaban J connectivity index is 3.21. The molecule has 0 bridgehead atoms. The molecule has 92 valence electrons. The molecule has 0 aliphatic rings. The molecule has 0 amide bonds. The van der Waals surface area contributed by atoms with Gasteiger partial charge in [-0.05, 0) is 0 Å². The molecule has 16 heavy (non-hydrogen) atoms. The summed E-state index contributed by atoms with van der Waals surface area (Å²) in [4.78, 5) is 3.60. The molecule has 0 radical (unpaired) electrons. The molecule has 0 aromatic carbocycles.